The highest BCUT2D eigenvalue weighted by Crippen LogP contribution is 2.20. The van der Waals surface area contributed by atoms with Crippen LogP contribution in [0.2, 0.25) is 0 Å². The van der Waals surface area contributed by atoms with E-state index in [1.807, 2.05) is 6.07 Å². The maximum atomic E-state index is 10.9. The Morgan fingerprint density at radius 2 is 2.33 bits per heavy atom. The van der Waals surface area contributed by atoms with E-state index >= 15 is 0 Å². The summed E-state index contributed by atoms with van der Waals surface area (Å²) in [5.74, 6) is -0.425. The second kappa shape index (κ2) is 4.40. The van der Waals surface area contributed by atoms with Crippen LogP contribution in [0.3, 0.4) is 0 Å². The molecule has 1 fully saturated rings. The summed E-state index contributed by atoms with van der Waals surface area (Å²) in [5, 5.41) is 3.41. The van der Waals surface area contributed by atoms with Gasteiger partial charge in [0.1, 0.15) is 0 Å². The fourth-order valence-electron chi connectivity index (χ4n) is 1.86. The molecule has 0 spiro atoms. The third-order valence-corrected chi connectivity index (χ3v) is 2.74. The van der Waals surface area contributed by atoms with Crippen LogP contribution in [0.25, 0.3) is 0 Å². The van der Waals surface area contributed by atoms with Crippen molar-refractivity contribution in [2.45, 2.75) is 25.3 Å². The molecule has 1 aromatic heterocycles. The zero-order valence-corrected chi connectivity index (χ0v) is 8.57. The summed E-state index contributed by atoms with van der Waals surface area (Å²) in [6.07, 6.45) is 5.13. The van der Waals surface area contributed by atoms with Crippen LogP contribution in [-0.4, -0.2) is 17.4 Å². The molecule has 2 heterocycles. The molecule has 2 rings (SSSR count). The lowest BCUT2D eigenvalue weighted by molar-refractivity contribution is 0.1000. The number of nitrogens with one attached hydrogen (secondary N) is 1. The standard InChI is InChI=1S/C11H15N3O/c12-11(15)8-4-5-10(14-7-8)9-3-1-2-6-13-9/h4-5,7,9,13H,1-3,6H2,(H2,12,15). The molecule has 1 atom stereocenters. The largest absolute Gasteiger partial charge is 0.366 e. The van der Waals surface area contributed by atoms with Gasteiger partial charge in [0, 0.05) is 12.2 Å². The first kappa shape index (κ1) is 10.1. The Hall–Kier alpha value is -1.42. The van der Waals surface area contributed by atoms with Crippen LogP contribution in [0, 0.1) is 0 Å². The molecular formula is C11H15N3O. The van der Waals surface area contributed by atoms with Crippen molar-refractivity contribution in [3.63, 3.8) is 0 Å². The van der Waals surface area contributed by atoms with Crippen molar-refractivity contribution in [1.29, 1.82) is 0 Å². The quantitative estimate of drug-likeness (QED) is 0.756. The number of carbonyl (C=O) groups is 1. The monoisotopic (exact) mass is 205 g/mol. The smallest absolute Gasteiger partial charge is 0.250 e. The summed E-state index contributed by atoms with van der Waals surface area (Å²) in [6, 6.07) is 3.95. The first-order valence-electron chi connectivity index (χ1n) is 5.26. The number of amides is 1. The zero-order valence-electron chi connectivity index (χ0n) is 8.57. The number of primary amides is 1. The summed E-state index contributed by atoms with van der Waals surface area (Å²) in [5.41, 5.74) is 6.61. The summed E-state index contributed by atoms with van der Waals surface area (Å²) >= 11 is 0. The van der Waals surface area contributed by atoms with Crippen molar-refractivity contribution in [2.75, 3.05) is 6.54 Å². The van der Waals surface area contributed by atoms with Gasteiger partial charge in [-0.25, -0.2) is 0 Å². The van der Waals surface area contributed by atoms with Gasteiger partial charge in [-0.15, -0.1) is 0 Å². The summed E-state index contributed by atoms with van der Waals surface area (Å²) in [4.78, 5) is 15.1. The molecule has 4 nitrogen and oxygen atoms in total. The van der Waals surface area contributed by atoms with Gasteiger partial charge in [0.2, 0.25) is 5.91 Å². The SMILES string of the molecule is NC(=O)c1ccc(C2CCCCN2)nc1. The predicted octanol–water partition coefficient (Wildman–Crippen LogP) is 0.995. The number of aromatic nitrogens is 1. The molecule has 1 aromatic rings. The van der Waals surface area contributed by atoms with Gasteiger partial charge in [0.05, 0.1) is 11.3 Å². The molecule has 0 aromatic carbocycles. The number of rotatable bonds is 2. The van der Waals surface area contributed by atoms with Crippen LogP contribution in [-0.2, 0) is 0 Å². The summed E-state index contributed by atoms with van der Waals surface area (Å²) in [7, 11) is 0. The highest BCUT2D eigenvalue weighted by Gasteiger charge is 2.15. The van der Waals surface area contributed by atoms with E-state index in [4.69, 9.17) is 5.73 Å². The van der Waals surface area contributed by atoms with E-state index in [0.717, 1.165) is 18.7 Å². The average molecular weight is 205 g/mol. The third-order valence-electron chi connectivity index (χ3n) is 2.74. The molecular weight excluding hydrogens is 190 g/mol. The fraction of sp³-hybridized carbons (Fsp3) is 0.455. The first-order chi connectivity index (χ1) is 7.27. The molecule has 0 radical (unpaired) electrons. The summed E-state index contributed by atoms with van der Waals surface area (Å²) in [6.45, 7) is 1.05. The predicted molar refractivity (Wildman–Crippen MR) is 57.3 cm³/mol. The van der Waals surface area contributed by atoms with Gasteiger partial charge < -0.3 is 11.1 Å². The topological polar surface area (TPSA) is 68.0 Å². The van der Waals surface area contributed by atoms with Gasteiger partial charge in [-0.05, 0) is 31.5 Å². The molecule has 0 saturated carbocycles. The molecule has 0 aliphatic carbocycles. The van der Waals surface area contributed by atoms with E-state index in [9.17, 15) is 4.79 Å². The lowest BCUT2D eigenvalue weighted by atomic mass is 10.0. The molecule has 3 N–H and O–H groups in total. The number of nitrogens with two attached hydrogens (primary N) is 1. The minimum Gasteiger partial charge on any atom is -0.366 e. The van der Waals surface area contributed by atoms with E-state index in [1.54, 1.807) is 12.3 Å². The van der Waals surface area contributed by atoms with Gasteiger partial charge >= 0.3 is 0 Å². The minimum atomic E-state index is -0.425. The van der Waals surface area contributed by atoms with Crippen LogP contribution >= 0.6 is 0 Å². The third kappa shape index (κ3) is 2.33. The minimum absolute atomic E-state index is 0.334. The van der Waals surface area contributed by atoms with Crippen molar-refractivity contribution in [1.82, 2.24) is 10.3 Å². The second-order valence-electron chi connectivity index (χ2n) is 3.84. The Labute approximate surface area is 88.9 Å². The van der Waals surface area contributed by atoms with Crippen LogP contribution in [0.1, 0.15) is 41.4 Å². The molecule has 4 heteroatoms. The van der Waals surface area contributed by atoms with E-state index in [0.29, 0.717) is 11.6 Å². The van der Waals surface area contributed by atoms with Gasteiger partial charge in [-0.1, -0.05) is 6.42 Å². The van der Waals surface area contributed by atoms with Gasteiger partial charge in [-0.2, -0.15) is 0 Å². The van der Waals surface area contributed by atoms with Crippen LogP contribution in [0.5, 0.6) is 0 Å². The van der Waals surface area contributed by atoms with E-state index in [-0.39, 0.29) is 0 Å². The highest BCUT2D eigenvalue weighted by molar-refractivity contribution is 5.92. The molecule has 15 heavy (non-hydrogen) atoms. The Morgan fingerprint density at radius 3 is 2.87 bits per heavy atom. The van der Waals surface area contributed by atoms with E-state index in [2.05, 4.69) is 10.3 Å². The molecule has 1 aliphatic rings. The zero-order chi connectivity index (χ0) is 10.7. The lowest BCUT2D eigenvalue weighted by Crippen LogP contribution is -2.27. The molecule has 1 amide bonds. The van der Waals surface area contributed by atoms with Crippen LogP contribution in [0.4, 0.5) is 0 Å². The maximum Gasteiger partial charge on any atom is 0.250 e. The van der Waals surface area contributed by atoms with Gasteiger partial charge in [0.15, 0.2) is 0 Å². The van der Waals surface area contributed by atoms with Crippen molar-refractivity contribution >= 4 is 5.91 Å². The lowest BCUT2D eigenvalue weighted by Gasteiger charge is -2.22. The molecule has 1 unspecified atom stereocenters. The number of pyridine rings is 1. The van der Waals surface area contributed by atoms with Crippen LogP contribution < -0.4 is 11.1 Å². The van der Waals surface area contributed by atoms with Crippen molar-refractivity contribution in [2.24, 2.45) is 5.73 Å². The first-order valence-corrected chi connectivity index (χ1v) is 5.26. The van der Waals surface area contributed by atoms with Gasteiger partial charge in [-0.3, -0.25) is 9.78 Å². The molecule has 0 bridgehead atoms. The molecule has 1 aliphatic heterocycles. The Kier molecular flexibility index (Phi) is 2.97. The highest BCUT2D eigenvalue weighted by atomic mass is 16.1. The van der Waals surface area contributed by atoms with Crippen LogP contribution in [0.15, 0.2) is 18.3 Å². The molecule has 80 valence electrons. The van der Waals surface area contributed by atoms with Crippen molar-refractivity contribution in [3.05, 3.63) is 29.6 Å². The maximum absolute atomic E-state index is 10.9. The number of hydrogen-bond donors (Lipinski definition) is 2. The molecule has 1 saturated heterocycles. The number of nitrogens with zero attached hydrogens (tertiary/aromatic N) is 1. The Morgan fingerprint density at radius 1 is 1.47 bits per heavy atom. The van der Waals surface area contributed by atoms with Crippen molar-refractivity contribution in [3.8, 4) is 0 Å². The van der Waals surface area contributed by atoms with E-state index in [1.165, 1.54) is 12.8 Å². The number of hydrogen-bond acceptors (Lipinski definition) is 3. The Balaban J connectivity index is 2.11. The fourth-order valence-corrected chi connectivity index (χ4v) is 1.86. The normalized spacial score (nSPS) is 21.2. The average Bonchev–Trinajstić information content (AvgIpc) is 2.30. The van der Waals surface area contributed by atoms with Gasteiger partial charge in [0.25, 0.3) is 0 Å². The summed E-state index contributed by atoms with van der Waals surface area (Å²) < 4.78 is 0. The number of carbonyl (C=O) groups excluding carboxylic acids is 1. The number of piperidine rings is 1. The second-order valence-corrected chi connectivity index (χ2v) is 3.84. The van der Waals surface area contributed by atoms with E-state index < -0.39 is 5.91 Å². The van der Waals surface area contributed by atoms with Crippen molar-refractivity contribution < 1.29 is 4.79 Å². The Bertz CT molecular complexity index is 341.